The fourth-order valence-electron chi connectivity index (χ4n) is 3.19. The van der Waals surface area contributed by atoms with Crippen molar-refractivity contribution in [1.29, 1.82) is 0 Å². The molecule has 0 rings (SSSR count). The van der Waals surface area contributed by atoms with E-state index >= 15 is 0 Å². The fraction of sp³-hybridized carbons (Fsp3) is 0.833. The minimum absolute atomic E-state index is 0.322. The van der Waals surface area contributed by atoms with Crippen LogP contribution in [0.15, 0.2) is 12.2 Å². The van der Waals surface area contributed by atoms with Gasteiger partial charge in [-0.1, -0.05) is 83.8 Å². The summed E-state index contributed by atoms with van der Waals surface area (Å²) in [5, 5.41) is 9.21. The molecule has 0 aromatic carbocycles. The van der Waals surface area contributed by atoms with E-state index in [1.54, 1.807) is 0 Å². The summed E-state index contributed by atoms with van der Waals surface area (Å²) in [5.41, 5.74) is 0. The first-order valence-electron chi connectivity index (χ1n) is 11.7. The van der Waals surface area contributed by atoms with Crippen LogP contribution in [0, 0.1) is 0 Å². The summed E-state index contributed by atoms with van der Waals surface area (Å²) in [5.74, 6) is -1.40. The van der Waals surface area contributed by atoms with E-state index in [9.17, 15) is 14.7 Å². The molecule has 4 heteroatoms. The molecular weight excluding hydrogens is 352 g/mol. The molecule has 0 bridgehead atoms. The Kier molecular flexibility index (Phi) is 19.5. The number of ether oxygens (including phenoxy) is 1. The molecule has 0 unspecified atom stereocenters. The number of aliphatic carboxylic acids is 1. The van der Waals surface area contributed by atoms with Gasteiger partial charge in [0, 0.05) is 6.42 Å². The summed E-state index contributed by atoms with van der Waals surface area (Å²) in [7, 11) is 0. The maximum Gasteiger partial charge on any atom is 0.345 e. The Balaban J connectivity index is 3.61. The van der Waals surface area contributed by atoms with Gasteiger partial charge in [-0.25, -0.2) is 4.79 Å². The Hall–Kier alpha value is -1.32. The van der Waals surface area contributed by atoms with Gasteiger partial charge in [0.15, 0.2) is 6.10 Å². The quantitative estimate of drug-likeness (QED) is 0.134. The first kappa shape index (κ1) is 26.7. The molecule has 0 heterocycles. The Morgan fingerprint density at radius 3 is 1.82 bits per heavy atom. The van der Waals surface area contributed by atoms with E-state index in [-0.39, 0.29) is 5.97 Å². The van der Waals surface area contributed by atoms with E-state index < -0.39 is 12.1 Å². The van der Waals surface area contributed by atoms with Crippen molar-refractivity contribution in [3.63, 3.8) is 0 Å². The van der Waals surface area contributed by atoms with E-state index in [4.69, 9.17) is 4.74 Å². The number of carbonyl (C=O) groups is 2. The number of carboxylic acid groups (broad SMARTS) is 1. The number of hydrogen-bond donors (Lipinski definition) is 1. The van der Waals surface area contributed by atoms with Gasteiger partial charge in [0.2, 0.25) is 0 Å². The van der Waals surface area contributed by atoms with Crippen LogP contribution in [-0.2, 0) is 14.3 Å². The Morgan fingerprint density at radius 2 is 1.25 bits per heavy atom. The molecule has 1 atom stereocenters. The maximum atomic E-state index is 11.7. The van der Waals surface area contributed by atoms with Crippen LogP contribution < -0.4 is 0 Å². The molecule has 0 aromatic rings. The van der Waals surface area contributed by atoms with Crippen LogP contribution in [0.25, 0.3) is 0 Å². The molecule has 0 amide bonds. The summed E-state index contributed by atoms with van der Waals surface area (Å²) >= 11 is 0. The van der Waals surface area contributed by atoms with Crippen LogP contribution in [0.5, 0.6) is 0 Å². The number of allylic oxidation sites excluding steroid dienone is 2. The zero-order chi connectivity index (χ0) is 20.9. The van der Waals surface area contributed by atoms with Crippen molar-refractivity contribution in [2.75, 3.05) is 0 Å². The van der Waals surface area contributed by atoms with Crippen molar-refractivity contribution in [1.82, 2.24) is 0 Å². The van der Waals surface area contributed by atoms with Crippen LogP contribution >= 0.6 is 0 Å². The molecule has 0 saturated carbocycles. The third kappa shape index (κ3) is 18.1. The van der Waals surface area contributed by atoms with Crippen molar-refractivity contribution < 1.29 is 19.4 Å². The van der Waals surface area contributed by atoms with Crippen molar-refractivity contribution in [2.24, 2.45) is 0 Å². The zero-order valence-electron chi connectivity index (χ0n) is 18.4. The topological polar surface area (TPSA) is 63.6 Å². The van der Waals surface area contributed by atoms with Crippen molar-refractivity contribution in [2.45, 2.75) is 129 Å². The van der Waals surface area contributed by atoms with Crippen molar-refractivity contribution in [3.8, 4) is 0 Å². The standard InChI is InChI=1S/C24H44O4/c1-3-5-7-8-9-10-11-12-13-14-15-16-17-19-20-22(24(26)27)28-23(25)21-18-6-4-2/h12-13,22H,3-11,14-21H2,1-2H3,(H,26,27)/b13-12-/t22-/m1/s1. The normalized spacial score (nSPS) is 12.4. The highest BCUT2D eigenvalue weighted by Gasteiger charge is 2.21. The maximum absolute atomic E-state index is 11.7. The van der Waals surface area contributed by atoms with Gasteiger partial charge < -0.3 is 9.84 Å². The molecule has 0 aliphatic heterocycles. The summed E-state index contributed by atoms with van der Waals surface area (Å²) in [6.07, 6.45) is 21.5. The minimum Gasteiger partial charge on any atom is -0.479 e. The Morgan fingerprint density at radius 1 is 0.750 bits per heavy atom. The van der Waals surface area contributed by atoms with Gasteiger partial charge in [0.1, 0.15) is 0 Å². The molecule has 28 heavy (non-hydrogen) atoms. The lowest BCUT2D eigenvalue weighted by atomic mass is 10.1. The summed E-state index contributed by atoms with van der Waals surface area (Å²) in [6.45, 7) is 4.31. The largest absolute Gasteiger partial charge is 0.479 e. The van der Waals surface area contributed by atoms with Gasteiger partial charge in [0.25, 0.3) is 0 Å². The molecule has 164 valence electrons. The molecule has 0 saturated heterocycles. The zero-order valence-corrected chi connectivity index (χ0v) is 18.4. The fourth-order valence-corrected chi connectivity index (χ4v) is 3.19. The molecule has 0 aliphatic carbocycles. The van der Waals surface area contributed by atoms with Gasteiger partial charge in [-0.2, -0.15) is 0 Å². The average molecular weight is 397 g/mol. The highest BCUT2D eigenvalue weighted by Crippen LogP contribution is 2.12. The SMILES string of the molecule is CCCCCCCC/C=C\CCCCCC[C@@H](OC(=O)CCCCC)C(=O)O. The predicted molar refractivity (Wildman–Crippen MR) is 116 cm³/mol. The number of unbranched alkanes of at least 4 members (excludes halogenated alkanes) is 12. The van der Waals surface area contributed by atoms with Crippen molar-refractivity contribution >= 4 is 11.9 Å². The minimum atomic E-state index is -1.03. The molecule has 0 fully saturated rings. The molecule has 4 nitrogen and oxygen atoms in total. The van der Waals surface area contributed by atoms with E-state index in [0.29, 0.717) is 12.8 Å². The lowest BCUT2D eigenvalue weighted by Gasteiger charge is -2.13. The monoisotopic (exact) mass is 396 g/mol. The third-order valence-corrected chi connectivity index (χ3v) is 5.01. The molecule has 0 aromatic heterocycles. The van der Waals surface area contributed by atoms with Gasteiger partial charge in [0.05, 0.1) is 0 Å². The lowest BCUT2D eigenvalue weighted by molar-refractivity contribution is -0.164. The van der Waals surface area contributed by atoms with E-state index in [1.165, 1.54) is 44.9 Å². The van der Waals surface area contributed by atoms with Gasteiger partial charge >= 0.3 is 11.9 Å². The van der Waals surface area contributed by atoms with Crippen LogP contribution in [0.2, 0.25) is 0 Å². The van der Waals surface area contributed by atoms with Gasteiger partial charge in [-0.3, -0.25) is 4.79 Å². The summed E-state index contributed by atoms with van der Waals surface area (Å²) in [4.78, 5) is 22.9. The van der Waals surface area contributed by atoms with Crippen LogP contribution in [-0.4, -0.2) is 23.1 Å². The average Bonchev–Trinajstić information content (AvgIpc) is 2.67. The number of hydrogen-bond acceptors (Lipinski definition) is 3. The van der Waals surface area contributed by atoms with Gasteiger partial charge in [-0.15, -0.1) is 0 Å². The first-order chi connectivity index (χ1) is 13.6. The van der Waals surface area contributed by atoms with E-state index in [0.717, 1.165) is 51.4 Å². The van der Waals surface area contributed by atoms with E-state index in [1.807, 2.05) is 0 Å². The van der Waals surface area contributed by atoms with Crippen molar-refractivity contribution in [3.05, 3.63) is 12.2 Å². The number of carbonyl (C=O) groups excluding carboxylic acids is 1. The van der Waals surface area contributed by atoms with Gasteiger partial charge in [-0.05, 0) is 44.9 Å². The smallest absolute Gasteiger partial charge is 0.345 e. The highest BCUT2D eigenvalue weighted by atomic mass is 16.6. The lowest BCUT2D eigenvalue weighted by Crippen LogP contribution is -2.27. The second-order valence-electron chi connectivity index (χ2n) is 7.79. The molecule has 0 radical (unpaired) electrons. The van der Waals surface area contributed by atoms with E-state index in [2.05, 4.69) is 26.0 Å². The molecule has 1 N–H and O–H groups in total. The van der Waals surface area contributed by atoms with Crippen LogP contribution in [0.3, 0.4) is 0 Å². The molecular formula is C24H44O4. The number of rotatable bonds is 20. The number of carboxylic acids is 1. The second kappa shape index (κ2) is 20.4. The van der Waals surface area contributed by atoms with Crippen LogP contribution in [0.4, 0.5) is 0 Å². The number of esters is 1. The Labute approximate surface area is 173 Å². The summed E-state index contributed by atoms with van der Waals surface area (Å²) in [6, 6.07) is 0. The third-order valence-electron chi connectivity index (χ3n) is 5.01. The second-order valence-corrected chi connectivity index (χ2v) is 7.79. The molecule has 0 aliphatic rings. The molecule has 0 spiro atoms. The summed E-state index contributed by atoms with van der Waals surface area (Å²) < 4.78 is 5.12. The first-order valence-corrected chi connectivity index (χ1v) is 11.7. The highest BCUT2D eigenvalue weighted by molar-refractivity contribution is 5.77. The predicted octanol–water partition coefficient (Wildman–Crippen LogP) is 7.21. The Bertz CT molecular complexity index is 403. The van der Waals surface area contributed by atoms with Crippen LogP contribution in [0.1, 0.15) is 123 Å².